The van der Waals surface area contributed by atoms with E-state index in [-0.39, 0.29) is 5.69 Å². The van der Waals surface area contributed by atoms with Crippen molar-refractivity contribution < 1.29 is 18.7 Å². The molecule has 3 nitrogen and oxygen atoms in total. The SMILES string of the molecule is O=C(O)c1nc(-c2cccc(F)c2)ccc1F. The minimum absolute atomic E-state index is 0.211. The zero-order chi connectivity index (χ0) is 12.4. The van der Waals surface area contributed by atoms with E-state index in [0.717, 1.165) is 6.07 Å². The highest BCUT2D eigenvalue weighted by atomic mass is 19.1. The van der Waals surface area contributed by atoms with Gasteiger partial charge in [0.1, 0.15) is 5.82 Å². The van der Waals surface area contributed by atoms with E-state index in [2.05, 4.69) is 4.98 Å². The zero-order valence-electron chi connectivity index (χ0n) is 8.52. The number of rotatable bonds is 2. The molecule has 0 spiro atoms. The van der Waals surface area contributed by atoms with Gasteiger partial charge in [-0.25, -0.2) is 18.6 Å². The van der Waals surface area contributed by atoms with Crippen LogP contribution in [0.25, 0.3) is 11.3 Å². The van der Waals surface area contributed by atoms with Gasteiger partial charge in [0, 0.05) is 5.56 Å². The van der Waals surface area contributed by atoms with Crippen molar-refractivity contribution in [2.75, 3.05) is 0 Å². The largest absolute Gasteiger partial charge is 0.476 e. The number of hydrogen-bond donors (Lipinski definition) is 1. The molecule has 0 atom stereocenters. The highest BCUT2D eigenvalue weighted by Gasteiger charge is 2.13. The summed E-state index contributed by atoms with van der Waals surface area (Å²) in [5.74, 6) is -2.84. The predicted molar refractivity (Wildman–Crippen MR) is 56.5 cm³/mol. The average Bonchev–Trinajstić information content (AvgIpc) is 2.29. The van der Waals surface area contributed by atoms with Crippen molar-refractivity contribution in [2.45, 2.75) is 0 Å². The number of pyridine rings is 1. The molecule has 0 aliphatic carbocycles. The number of aromatic carboxylic acids is 1. The number of carboxylic acids is 1. The van der Waals surface area contributed by atoms with Gasteiger partial charge < -0.3 is 5.11 Å². The quantitative estimate of drug-likeness (QED) is 0.870. The molecular formula is C12H7F2NO2. The van der Waals surface area contributed by atoms with Gasteiger partial charge in [0.05, 0.1) is 5.69 Å². The fraction of sp³-hybridized carbons (Fsp3) is 0. The number of hydrogen-bond acceptors (Lipinski definition) is 2. The van der Waals surface area contributed by atoms with Gasteiger partial charge in [-0.15, -0.1) is 0 Å². The van der Waals surface area contributed by atoms with Crippen molar-refractivity contribution in [3.05, 3.63) is 53.7 Å². The van der Waals surface area contributed by atoms with Crippen LogP contribution in [0.1, 0.15) is 10.5 Å². The number of carbonyl (C=O) groups is 1. The Morgan fingerprint density at radius 3 is 2.59 bits per heavy atom. The highest BCUT2D eigenvalue weighted by Crippen LogP contribution is 2.19. The zero-order valence-corrected chi connectivity index (χ0v) is 8.52. The van der Waals surface area contributed by atoms with Crippen molar-refractivity contribution in [3.8, 4) is 11.3 Å². The minimum Gasteiger partial charge on any atom is -0.476 e. The molecule has 0 fully saturated rings. The lowest BCUT2D eigenvalue weighted by Gasteiger charge is -2.03. The van der Waals surface area contributed by atoms with E-state index in [4.69, 9.17) is 5.11 Å². The summed E-state index contributed by atoms with van der Waals surface area (Å²) in [5, 5.41) is 8.72. The summed E-state index contributed by atoms with van der Waals surface area (Å²) >= 11 is 0. The van der Waals surface area contributed by atoms with Crippen LogP contribution < -0.4 is 0 Å². The number of benzene rings is 1. The van der Waals surface area contributed by atoms with E-state index in [1.165, 1.54) is 24.3 Å². The predicted octanol–water partition coefficient (Wildman–Crippen LogP) is 2.73. The van der Waals surface area contributed by atoms with Gasteiger partial charge in [-0.05, 0) is 24.3 Å². The van der Waals surface area contributed by atoms with Crippen molar-refractivity contribution in [2.24, 2.45) is 0 Å². The summed E-state index contributed by atoms with van der Waals surface area (Å²) in [6, 6.07) is 7.79. The number of halogens is 2. The summed E-state index contributed by atoms with van der Waals surface area (Å²) in [6.07, 6.45) is 0. The average molecular weight is 235 g/mol. The summed E-state index contributed by atoms with van der Waals surface area (Å²) < 4.78 is 26.1. The van der Waals surface area contributed by atoms with Crippen molar-refractivity contribution in [1.29, 1.82) is 0 Å². The Labute approximate surface area is 95.4 Å². The second-order valence-corrected chi connectivity index (χ2v) is 3.34. The molecular weight excluding hydrogens is 228 g/mol. The number of nitrogens with zero attached hydrogens (tertiary/aromatic N) is 1. The third kappa shape index (κ3) is 2.28. The van der Waals surface area contributed by atoms with Crippen LogP contribution in [-0.4, -0.2) is 16.1 Å². The van der Waals surface area contributed by atoms with Crippen LogP contribution >= 0.6 is 0 Å². The van der Waals surface area contributed by atoms with E-state index < -0.39 is 23.3 Å². The fourth-order valence-corrected chi connectivity index (χ4v) is 1.40. The number of carboxylic acid groups (broad SMARTS) is 1. The second-order valence-electron chi connectivity index (χ2n) is 3.34. The van der Waals surface area contributed by atoms with E-state index in [1.54, 1.807) is 6.07 Å². The Balaban J connectivity index is 2.54. The molecule has 0 unspecified atom stereocenters. The third-order valence-corrected chi connectivity index (χ3v) is 2.17. The first-order valence-corrected chi connectivity index (χ1v) is 4.73. The molecule has 1 N–H and O–H groups in total. The lowest BCUT2D eigenvalue weighted by Crippen LogP contribution is -2.04. The van der Waals surface area contributed by atoms with Gasteiger partial charge in [0.2, 0.25) is 0 Å². The third-order valence-electron chi connectivity index (χ3n) is 2.17. The van der Waals surface area contributed by atoms with Crippen LogP contribution in [0.3, 0.4) is 0 Å². The molecule has 0 bridgehead atoms. The van der Waals surface area contributed by atoms with E-state index >= 15 is 0 Å². The van der Waals surface area contributed by atoms with Gasteiger partial charge in [-0.1, -0.05) is 12.1 Å². The minimum atomic E-state index is -1.46. The first kappa shape index (κ1) is 11.2. The Kier molecular flexibility index (Phi) is 2.82. The molecule has 0 aliphatic rings. The van der Waals surface area contributed by atoms with Crippen LogP contribution in [-0.2, 0) is 0 Å². The first-order valence-electron chi connectivity index (χ1n) is 4.73. The molecule has 0 saturated carbocycles. The maximum absolute atomic E-state index is 13.1. The van der Waals surface area contributed by atoms with Crippen LogP contribution in [0.4, 0.5) is 8.78 Å². The molecule has 0 radical (unpaired) electrons. The highest BCUT2D eigenvalue weighted by molar-refractivity contribution is 5.86. The maximum atomic E-state index is 13.1. The Bertz CT molecular complexity index is 584. The summed E-state index contributed by atoms with van der Waals surface area (Å²) in [4.78, 5) is 14.3. The molecule has 2 aromatic rings. The van der Waals surface area contributed by atoms with Gasteiger partial charge in [0.25, 0.3) is 0 Å². The fourth-order valence-electron chi connectivity index (χ4n) is 1.40. The van der Waals surface area contributed by atoms with E-state index in [0.29, 0.717) is 5.56 Å². The monoisotopic (exact) mass is 235 g/mol. The van der Waals surface area contributed by atoms with E-state index in [9.17, 15) is 13.6 Å². The molecule has 1 aromatic heterocycles. The second kappa shape index (κ2) is 4.29. The van der Waals surface area contributed by atoms with Crippen LogP contribution in [0, 0.1) is 11.6 Å². The molecule has 86 valence electrons. The smallest absolute Gasteiger partial charge is 0.357 e. The lowest BCUT2D eigenvalue weighted by atomic mass is 10.1. The Hall–Kier alpha value is -2.30. The molecule has 2 rings (SSSR count). The van der Waals surface area contributed by atoms with Gasteiger partial charge in [0.15, 0.2) is 11.5 Å². The maximum Gasteiger partial charge on any atom is 0.357 e. The molecule has 1 aromatic carbocycles. The molecule has 0 amide bonds. The lowest BCUT2D eigenvalue weighted by molar-refractivity contribution is 0.0685. The number of aromatic nitrogens is 1. The summed E-state index contributed by atoms with van der Waals surface area (Å²) in [6.45, 7) is 0. The summed E-state index contributed by atoms with van der Waals surface area (Å²) in [7, 11) is 0. The molecule has 17 heavy (non-hydrogen) atoms. The van der Waals surface area contributed by atoms with Gasteiger partial charge in [-0.2, -0.15) is 0 Å². The normalized spacial score (nSPS) is 10.2. The van der Waals surface area contributed by atoms with Crippen LogP contribution in [0.15, 0.2) is 36.4 Å². The van der Waals surface area contributed by atoms with Gasteiger partial charge in [-0.3, -0.25) is 0 Å². The van der Waals surface area contributed by atoms with Crippen molar-refractivity contribution >= 4 is 5.97 Å². The Morgan fingerprint density at radius 2 is 1.94 bits per heavy atom. The van der Waals surface area contributed by atoms with Crippen molar-refractivity contribution in [1.82, 2.24) is 4.98 Å². The van der Waals surface area contributed by atoms with Crippen molar-refractivity contribution in [3.63, 3.8) is 0 Å². The van der Waals surface area contributed by atoms with E-state index in [1.807, 2.05) is 0 Å². The topological polar surface area (TPSA) is 50.2 Å². The molecule has 5 heteroatoms. The Morgan fingerprint density at radius 1 is 1.18 bits per heavy atom. The standard InChI is InChI=1S/C12H7F2NO2/c13-8-3-1-2-7(6-8)10-5-4-9(14)11(15-10)12(16)17/h1-6H,(H,16,17). The van der Waals surface area contributed by atoms with Gasteiger partial charge >= 0.3 is 5.97 Å². The molecule has 0 aliphatic heterocycles. The molecule has 0 saturated heterocycles. The van der Waals surface area contributed by atoms with Crippen LogP contribution in [0.5, 0.6) is 0 Å². The van der Waals surface area contributed by atoms with Crippen LogP contribution in [0.2, 0.25) is 0 Å². The first-order chi connectivity index (χ1) is 8.08. The summed E-state index contributed by atoms with van der Waals surface area (Å²) in [5.41, 5.74) is -0.0671. The molecule has 1 heterocycles.